The second kappa shape index (κ2) is 61.5. The third-order valence-corrected chi connectivity index (χ3v) is 17.2. The van der Waals surface area contributed by atoms with Crippen LogP contribution in [0.3, 0.4) is 0 Å². The van der Waals surface area contributed by atoms with Crippen LogP contribution < -0.4 is 129 Å². The van der Waals surface area contributed by atoms with Crippen molar-refractivity contribution < 1.29 is 220 Å². The first-order valence-corrected chi connectivity index (χ1v) is 38.9. The fourth-order valence-corrected chi connectivity index (χ4v) is 10.4. The van der Waals surface area contributed by atoms with Crippen molar-refractivity contribution in [3.63, 3.8) is 0 Å². The first-order chi connectivity index (χ1) is 63.9. The molecule has 69 nitrogen and oxygen atoms in total. The number of carboxylic acids is 7. The molecule has 0 aliphatic carbocycles. The van der Waals surface area contributed by atoms with Gasteiger partial charge < -0.3 is 206 Å². The van der Waals surface area contributed by atoms with Crippen molar-refractivity contribution in [1.82, 2.24) is 106 Å². The molecule has 0 spiro atoms. The predicted octanol–water partition coefficient (Wildman–Crippen LogP) is -27.0. The molecule has 0 bridgehead atoms. The molecule has 0 aromatic rings. The number of rotatable bonds is 67. The maximum Gasteiger partial charge on any atom is 0.322 e. The predicted molar refractivity (Wildman–Crippen MR) is 430 cm³/mol. The summed E-state index contributed by atoms with van der Waals surface area (Å²) in [6, 6.07) is -37.7. The van der Waals surface area contributed by atoms with Gasteiger partial charge in [-0.15, -0.1) is 0 Å². The van der Waals surface area contributed by atoms with Gasteiger partial charge in [-0.3, -0.25) is 144 Å². The molecule has 0 radical (unpaired) electrons. The lowest BCUT2D eigenvalue weighted by Crippen LogP contribution is -2.62. The van der Waals surface area contributed by atoms with Gasteiger partial charge in [0.05, 0.1) is 130 Å². The second-order valence-corrected chi connectivity index (χ2v) is 28.1. The zero-order valence-electron chi connectivity index (χ0n) is 70.9. The van der Waals surface area contributed by atoms with Crippen molar-refractivity contribution in [2.45, 2.75) is 160 Å². The molecule has 0 aromatic heterocycles. The number of aliphatic carboxylic acids is 7. The molecule has 0 rings (SSSR count). The number of carboxylic acid groups (broad SMARTS) is 7. The fourth-order valence-electron chi connectivity index (χ4n) is 10.4. The lowest BCUT2D eigenvalue weighted by Gasteiger charge is -2.26. The smallest absolute Gasteiger partial charge is 0.322 e. The summed E-state index contributed by atoms with van der Waals surface area (Å²) in [4.78, 5) is 381. The van der Waals surface area contributed by atoms with Crippen LogP contribution in [0.2, 0.25) is 0 Å². The molecule has 0 unspecified atom stereocenters. The van der Waals surface area contributed by atoms with E-state index in [0.29, 0.717) is 0 Å². The van der Waals surface area contributed by atoms with E-state index in [4.69, 9.17) is 33.1 Å². The fraction of sp³-hybridized carbons (Fsp3) is 0.559. The Labute approximate surface area is 764 Å². The molecular formula is C68H102N24O45. The number of amides is 23. The summed E-state index contributed by atoms with van der Waals surface area (Å²) < 4.78 is 0. The van der Waals surface area contributed by atoms with Gasteiger partial charge in [-0.05, 0) is 0 Å². The first-order valence-electron chi connectivity index (χ1n) is 38.9. The molecule has 17 atom stereocenters. The number of aliphatic hydroxyl groups is 8. The Balaban J connectivity index is 6.40. The first kappa shape index (κ1) is 121. The van der Waals surface area contributed by atoms with Gasteiger partial charge in [0.2, 0.25) is 136 Å². The largest absolute Gasteiger partial charge is 0.481 e. The van der Waals surface area contributed by atoms with Crippen molar-refractivity contribution in [3.8, 4) is 0 Å². The van der Waals surface area contributed by atoms with Gasteiger partial charge in [0, 0.05) is 0 Å². The SMILES string of the molecule is NC(=O)C[C@H](NC(=O)[C@H](CO)NC(=O)[C@H](CC(=O)O)NC(=O)[C@H](CO)NC(=O)[C@H](CC(=O)O)NC(=O)[C@H](CC(N)=O)NC(=O)[C@H](CO)NC(=O)[C@H](CC(=O)O)NC(=O)[C@H](CO)NC(=O)CNC(=O)[C@H](CO)NC(=O)CNC(=O)[C@H](CC(=O)O)NC(=O)[C@H](CC(N)=O)NC(=O)[C@H](CO)NC(=O)[C@H](CC(=O)O)NC(=O)[C@@H](N)CO)C(=O)N[C@@H](CC(=O)O)C(=O)NCC(=O)N[C@@H](CO)C(=O)NCC(=O)O. The van der Waals surface area contributed by atoms with Crippen molar-refractivity contribution in [2.24, 2.45) is 22.9 Å². The number of aliphatic hydroxyl groups excluding tert-OH is 8. The van der Waals surface area contributed by atoms with Crippen molar-refractivity contribution in [2.75, 3.05) is 79.0 Å². The van der Waals surface area contributed by atoms with Crippen LogP contribution in [-0.2, 0) is 144 Å². The Kier molecular flexibility index (Phi) is 54.2. The van der Waals surface area contributed by atoms with Crippen LogP contribution in [0.5, 0.6) is 0 Å². The van der Waals surface area contributed by atoms with E-state index in [1.165, 1.54) is 0 Å². The highest BCUT2D eigenvalue weighted by atomic mass is 16.4. The summed E-state index contributed by atoms with van der Waals surface area (Å²) in [5.74, 6) is -48.1. The van der Waals surface area contributed by atoms with Crippen LogP contribution in [0, 0.1) is 0 Å². The average Bonchev–Trinajstić information content (AvgIpc) is 0.848. The summed E-state index contributed by atoms with van der Waals surface area (Å²) in [6.07, 6.45) is -12.0. The van der Waals surface area contributed by atoms with Crippen LogP contribution in [-0.4, -0.2) is 436 Å². The van der Waals surface area contributed by atoms with Crippen LogP contribution in [0.4, 0.5) is 0 Å². The number of carbonyl (C=O) groups excluding carboxylic acids is 23. The number of carbonyl (C=O) groups is 30. The van der Waals surface area contributed by atoms with E-state index in [2.05, 4.69) is 0 Å². The van der Waals surface area contributed by atoms with Gasteiger partial charge in [0.1, 0.15) is 109 Å². The van der Waals surface area contributed by atoms with Gasteiger partial charge in [-0.25, -0.2) is 0 Å². The highest BCUT2D eigenvalue weighted by molar-refractivity contribution is 6.05. The normalized spacial score (nSPS) is 14.4. The topological polar surface area (TPSA) is 1160 Å². The number of nitrogens with two attached hydrogens (primary N) is 4. The summed E-state index contributed by atoms with van der Waals surface area (Å²) in [6.45, 7) is -15.4. The van der Waals surface area contributed by atoms with Crippen molar-refractivity contribution >= 4 is 178 Å². The van der Waals surface area contributed by atoms with E-state index < -0.39 is 417 Å². The minimum atomic E-state index is -2.50. The number of nitrogens with one attached hydrogen (secondary N) is 20. The molecule has 764 valence electrons. The van der Waals surface area contributed by atoms with E-state index >= 15 is 0 Å². The molecule has 0 saturated heterocycles. The molecule has 0 fully saturated rings. The van der Waals surface area contributed by atoms with Gasteiger partial charge in [0.25, 0.3) is 0 Å². The van der Waals surface area contributed by atoms with E-state index in [9.17, 15) is 210 Å². The Morgan fingerprint density at radius 2 is 0.307 bits per heavy atom. The number of hydrogen-bond donors (Lipinski definition) is 39. The molecule has 137 heavy (non-hydrogen) atoms. The van der Waals surface area contributed by atoms with E-state index in [1.54, 1.807) is 37.2 Å². The van der Waals surface area contributed by atoms with Gasteiger partial charge in [-0.2, -0.15) is 0 Å². The molecule has 69 heteroatoms. The average molecular weight is 1980 g/mol. The van der Waals surface area contributed by atoms with E-state index in [1.807, 2.05) is 69.1 Å². The van der Waals surface area contributed by atoms with Crippen molar-refractivity contribution in [3.05, 3.63) is 0 Å². The molecule has 43 N–H and O–H groups in total. The monoisotopic (exact) mass is 1970 g/mol. The molecule has 23 amide bonds. The lowest BCUT2D eigenvalue weighted by atomic mass is 10.1. The molecule has 0 heterocycles. The molecule has 0 saturated carbocycles. The van der Waals surface area contributed by atoms with Crippen LogP contribution in [0.15, 0.2) is 0 Å². The molecule has 0 aromatic carbocycles. The zero-order chi connectivity index (χ0) is 105. The summed E-state index contributed by atoms with van der Waals surface area (Å²) in [5.41, 5.74) is 21.0. The van der Waals surface area contributed by atoms with Crippen molar-refractivity contribution in [1.29, 1.82) is 0 Å². The highest BCUT2D eigenvalue weighted by Crippen LogP contribution is 2.09. The van der Waals surface area contributed by atoms with Gasteiger partial charge in [0.15, 0.2) is 0 Å². The number of primary amides is 3. The van der Waals surface area contributed by atoms with Crippen LogP contribution in [0.1, 0.15) is 57.8 Å². The van der Waals surface area contributed by atoms with Crippen LogP contribution >= 0.6 is 0 Å². The highest BCUT2D eigenvalue weighted by Gasteiger charge is 2.41. The van der Waals surface area contributed by atoms with E-state index in [-0.39, 0.29) is 0 Å². The second-order valence-electron chi connectivity index (χ2n) is 28.1. The molecule has 0 aliphatic rings. The Morgan fingerprint density at radius 1 is 0.168 bits per heavy atom. The third-order valence-electron chi connectivity index (χ3n) is 17.2. The lowest BCUT2D eigenvalue weighted by molar-refractivity contribution is -0.143. The maximum absolute atomic E-state index is 13.8. The molecular weight excluding hydrogens is 1870 g/mol. The Morgan fingerprint density at radius 3 is 0.474 bits per heavy atom. The minimum Gasteiger partial charge on any atom is -0.481 e. The van der Waals surface area contributed by atoms with Crippen LogP contribution in [0.25, 0.3) is 0 Å². The summed E-state index contributed by atoms with van der Waals surface area (Å²) >= 11 is 0. The number of hydrogen-bond acceptors (Lipinski definition) is 39. The quantitative estimate of drug-likeness (QED) is 0.0269. The summed E-state index contributed by atoms with van der Waals surface area (Å²) in [5, 5.41) is 181. The Hall–Kier alpha value is -16.3. The van der Waals surface area contributed by atoms with E-state index in [0.717, 1.165) is 0 Å². The minimum absolute atomic E-state index is 0.952. The Bertz CT molecular complexity index is 4480. The standard InChI is InChI=1S/C68H102N24O45/c69-22(14-93)52(121)80-28(6-47(111)112)60(129)89-35(18-97)65(134)81-23(1-39(70)101)57(126)84-26(4-45(107)108)53(122)73-10-42(104)77-32(15-94)55(124)75-12-44(106)79-34(17-96)64(133)87-30(8-49(115)116)62(131)90-37(20-99)67(136)83-25(3-41(72)103)59(128)86-29(7-48(113)114)61(130)92-38(21-100)68(137)88-31(9-50(117)118)63(132)91-36(19-98)66(135)82-24(2-40(71)102)58(127)85-27(5-46(109)110)54(123)74-11-43(105)78-33(16-95)56(125)76-13-51(119)120/h22-38,93-100H,1-21,69H2,(H2,70,101)(H2,71,102)(H2,72,103)(H,73,122)(H,74,123)(H,75,124)(H,76,125)(H,77,104)(H,78,105)(H,79,106)(H,80,121)(H,81,134)(H,82,135)(H,83,136)(H,84,126)(H,85,127)(H,86,128)(H,87,133)(H,88,137)(H,89,129)(H,90,131)(H,91,132)(H,92,130)(H,107,108)(H,109,110)(H,111,112)(H,113,114)(H,115,116)(H,117,118)(H,119,120)/t22-,23-,24-,25-,26-,27-,28-,29-,30-,31-,32-,33-,34-,35-,36-,37-,38-/m0/s1. The molecule has 0 aliphatic heterocycles. The maximum atomic E-state index is 13.8. The summed E-state index contributed by atoms with van der Waals surface area (Å²) in [7, 11) is 0. The van der Waals surface area contributed by atoms with Gasteiger partial charge in [-0.1, -0.05) is 0 Å². The zero-order valence-corrected chi connectivity index (χ0v) is 70.9. The van der Waals surface area contributed by atoms with Gasteiger partial charge >= 0.3 is 41.8 Å². The third kappa shape index (κ3) is 47.1.